The van der Waals surface area contributed by atoms with Gasteiger partial charge in [-0.15, -0.1) is 0 Å². The van der Waals surface area contributed by atoms with Crippen LogP contribution in [0.4, 0.5) is 19.0 Å². The fourth-order valence-corrected chi connectivity index (χ4v) is 3.63. The molecule has 31 heavy (non-hydrogen) atoms. The van der Waals surface area contributed by atoms with E-state index in [0.29, 0.717) is 43.0 Å². The zero-order chi connectivity index (χ0) is 22.8. The van der Waals surface area contributed by atoms with Crippen molar-refractivity contribution < 1.29 is 17.9 Å². The summed E-state index contributed by atoms with van der Waals surface area (Å²) in [6.45, 7) is 2.52. The molecular formula is C20H23F3N6OS. The van der Waals surface area contributed by atoms with E-state index in [4.69, 9.17) is 22.7 Å². The maximum absolute atomic E-state index is 12.7. The highest BCUT2D eigenvalue weighted by atomic mass is 32.1. The number of hydrogen-bond acceptors (Lipinski definition) is 6. The Morgan fingerprint density at radius 3 is 2.55 bits per heavy atom. The molecule has 3 rings (SSSR count). The van der Waals surface area contributed by atoms with Crippen molar-refractivity contribution in [2.75, 3.05) is 32.0 Å². The van der Waals surface area contributed by atoms with Crippen LogP contribution in [-0.4, -0.2) is 46.4 Å². The third kappa shape index (κ3) is 5.15. The molecule has 2 aromatic rings. The van der Waals surface area contributed by atoms with Crippen LogP contribution in [0.25, 0.3) is 0 Å². The SMILES string of the molecule is Cn1c(N)c(C#N)c(=NCC2CN(Cc3ccc(C(F)(F)F)cc3)CCO2)n(C)c1=S. The number of nitrogens with zero attached hydrogens (tertiary/aromatic N) is 5. The van der Waals surface area contributed by atoms with Crippen molar-refractivity contribution in [1.29, 1.82) is 5.26 Å². The van der Waals surface area contributed by atoms with Crippen molar-refractivity contribution in [1.82, 2.24) is 14.0 Å². The zero-order valence-corrected chi connectivity index (χ0v) is 18.0. The number of aromatic nitrogens is 2. The van der Waals surface area contributed by atoms with Crippen LogP contribution in [0.15, 0.2) is 29.3 Å². The number of anilines is 1. The van der Waals surface area contributed by atoms with Crippen LogP contribution >= 0.6 is 12.2 Å². The second-order valence-electron chi connectivity index (χ2n) is 7.36. The largest absolute Gasteiger partial charge is 0.416 e. The number of morpholine rings is 1. The van der Waals surface area contributed by atoms with E-state index in [9.17, 15) is 18.4 Å². The van der Waals surface area contributed by atoms with Crippen LogP contribution in [0.2, 0.25) is 0 Å². The summed E-state index contributed by atoms with van der Waals surface area (Å²) in [6.07, 6.45) is -4.57. The van der Waals surface area contributed by atoms with Crippen LogP contribution in [0.3, 0.4) is 0 Å². The molecule has 1 aromatic carbocycles. The van der Waals surface area contributed by atoms with Crippen LogP contribution < -0.4 is 11.2 Å². The smallest absolute Gasteiger partial charge is 0.384 e. The average Bonchev–Trinajstić information content (AvgIpc) is 2.74. The summed E-state index contributed by atoms with van der Waals surface area (Å²) in [4.78, 5) is 6.65. The van der Waals surface area contributed by atoms with Crippen molar-refractivity contribution in [2.24, 2.45) is 19.1 Å². The summed E-state index contributed by atoms with van der Waals surface area (Å²) in [6, 6.07) is 7.26. The standard InChI is InChI=1S/C20H23F3N6OS/c1-27-17(25)16(9-24)18(28(2)19(27)31)26-10-15-12-29(7-8-30-15)11-13-3-5-14(6-4-13)20(21,22)23/h3-6,15H,7-8,10-12,25H2,1-2H3. The van der Waals surface area contributed by atoms with Gasteiger partial charge in [-0.25, -0.2) is 0 Å². The topological polar surface area (TPSA) is 84.5 Å². The molecular weight excluding hydrogens is 429 g/mol. The first kappa shape index (κ1) is 23.0. The molecule has 1 unspecified atom stereocenters. The second-order valence-corrected chi connectivity index (χ2v) is 7.72. The molecule has 0 radical (unpaired) electrons. The molecule has 0 saturated carbocycles. The Labute approximate surface area is 182 Å². The lowest BCUT2D eigenvalue weighted by Gasteiger charge is -2.32. The summed E-state index contributed by atoms with van der Waals surface area (Å²) >= 11 is 5.34. The molecule has 0 bridgehead atoms. The summed E-state index contributed by atoms with van der Waals surface area (Å²) < 4.78 is 47.6. The van der Waals surface area contributed by atoms with Crippen molar-refractivity contribution in [2.45, 2.75) is 18.8 Å². The first-order valence-corrected chi connectivity index (χ1v) is 9.98. The molecule has 2 N–H and O–H groups in total. The van der Waals surface area contributed by atoms with E-state index in [1.807, 2.05) is 0 Å². The van der Waals surface area contributed by atoms with Gasteiger partial charge >= 0.3 is 6.18 Å². The number of alkyl halides is 3. The number of ether oxygens (including phenoxy) is 1. The van der Waals surface area contributed by atoms with Crippen molar-refractivity contribution >= 4 is 18.0 Å². The number of hydrogen-bond donors (Lipinski definition) is 1. The minimum absolute atomic E-state index is 0.224. The van der Waals surface area contributed by atoms with E-state index in [0.717, 1.165) is 17.7 Å². The number of nitrogens with two attached hydrogens (primary N) is 1. The molecule has 1 aliphatic heterocycles. The third-order valence-corrected chi connectivity index (χ3v) is 5.75. The monoisotopic (exact) mass is 452 g/mol. The molecule has 11 heteroatoms. The molecule has 0 amide bonds. The lowest BCUT2D eigenvalue weighted by molar-refractivity contribution is -0.137. The number of rotatable bonds is 4. The normalized spacial score (nSPS) is 18.2. The summed E-state index contributed by atoms with van der Waals surface area (Å²) in [5, 5.41) is 9.49. The molecule has 1 saturated heterocycles. The highest BCUT2D eigenvalue weighted by Gasteiger charge is 2.30. The van der Waals surface area contributed by atoms with Gasteiger partial charge in [-0.3, -0.25) is 9.89 Å². The molecule has 0 spiro atoms. The minimum atomic E-state index is -4.34. The molecule has 2 heterocycles. The Bertz CT molecular complexity index is 1110. The molecule has 0 aliphatic carbocycles. The van der Waals surface area contributed by atoms with Gasteiger partial charge in [0.1, 0.15) is 17.5 Å². The number of benzene rings is 1. The molecule has 7 nitrogen and oxygen atoms in total. The van der Waals surface area contributed by atoms with Gasteiger partial charge < -0.3 is 19.6 Å². The molecule has 166 valence electrons. The van der Waals surface area contributed by atoms with E-state index in [2.05, 4.69) is 16.0 Å². The van der Waals surface area contributed by atoms with Crippen molar-refractivity contribution in [3.8, 4) is 6.07 Å². The lowest BCUT2D eigenvalue weighted by atomic mass is 10.1. The van der Waals surface area contributed by atoms with Crippen LogP contribution in [0, 0.1) is 16.1 Å². The highest BCUT2D eigenvalue weighted by Crippen LogP contribution is 2.29. The van der Waals surface area contributed by atoms with Crippen LogP contribution in [0.5, 0.6) is 0 Å². The summed E-state index contributed by atoms with van der Waals surface area (Å²) in [5.41, 5.74) is 6.78. The van der Waals surface area contributed by atoms with Gasteiger partial charge in [0.2, 0.25) is 0 Å². The number of halogens is 3. The summed E-state index contributed by atoms with van der Waals surface area (Å²) in [5.74, 6) is 0.248. The highest BCUT2D eigenvalue weighted by molar-refractivity contribution is 7.71. The van der Waals surface area contributed by atoms with Gasteiger partial charge in [0.05, 0.1) is 24.8 Å². The Balaban J connectivity index is 1.73. The summed E-state index contributed by atoms with van der Waals surface area (Å²) in [7, 11) is 3.41. The Kier molecular flexibility index (Phi) is 6.83. The van der Waals surface area contributed by atoms with Gasteiger partial charge in [-0.2, -0.15) is 18.4 Å². The van der Waals surface area contributed by atoms with Crippen molar-refractivity contribution in [3.05, 3.63) is 51.2 Å². The van der Waals surface area contributed by atoms with Crippen LogP contribution in [-0.2, 0) is 31.6 Å². The van der Waals surface area contributed by atoms with E-state index >= 15 is 0 Å². The average molecular weight is 453 g/mol. The van der Waals surface area contributed by atoms with Crippen molar-refractivity contribution in [3.63, 3.8) is 0 Å². The molecule has 1 fully saturated rings. The van der Waals surface area contributed by atoms with E-state index in [1.54, 1.807) is 23.2 Å². The maximum atomic E-state index is 12.7. The third-order valence-electron chi connectivity index (χ3n) is 5.20. The van der Waals surface area contributed by atoms with Crippen LogP contribution in [0.1, 0.15) is 16.7 Å². The first-order valence-electron chi connectivity index (χ1n) is 9.58. The van der Waals surface area contributed by atoms with Gasteiger partial charge in [0.25, 0.3) is 0 Å². The molecule has 1 aliphatic rings. The van der Waals surface area contributed by atoms with Gasteiger partial charge in [0.15, 0.2) is 10.3 Å². The first-order chi connectivity index (χ1) is 14.6. The fourth-order valence-electron chi connectivity index (χ4n) is 3.44. The fraction of sp³-hybridized carbons (Fsp3) is 0.450. The molecule has 1 atom stereocenters. The molecule has 1 aromatic heterocycles. The van der Waals surface area contributed by atoms with E-state index in [1.165, 1.54) is 12.1 Å². The predicted molar refractivity (Wildman–Crippen MR) is 111 cm³/mol. The zero-order valence-electron chi connectivity index (χ0n) is 17.2. The lowest BCUT2D eigenvalue weighted by Crippen LogP contribution is -2.43. The van der Waals surface area contributed by atoms with E-state index < -0.39 is 11.7 Å². The Morgan fingerprint density at radius 1 is 1.26 bits per heavy atom. The van der Waals surface area contributed by atoms with Gasteiger partial charge in [-0.1, -0.05) is 12.1 Å². The maximum Gasteiger partial charge on any atom is 0.416 e. The second kappa shape index (κ2) is 9.21. The Hall–Kier alpha value is -2.68. The van der Waals surface area contributed by atoms with Gasteiger partial charge in [-0.05, 0) is 29.9 Å². The number of nitriles is 1. The quantitative estimate of drug-likeness (QED) is 0.720. The Morgan fingerprint density at radius 2 is 1.94 bits per heavy atom. The number of nitrogen functional groups attached to an aromatic ring is 1. The van der Waals surface area contributed by atoms with Gasteiger partial charge in [0, 0.05) is 33.7 Å². The predicted octanol–water partition coefficient (Wildman–Crippen LogP) is 2.37. The van der Waals surface area contributed by atoms with E-state index in [-0.39, 0.29) is 17.5 Å². The minimum Gasteiger partial charge on any atom is -0.384 e.